The molecule has 6 nitrogen and oxygen atoms in total. The average molecular weight is 275 g/mol. The number of rotatable bonds is 2. The fourth-order valence-electron chi connectivity index (χ4n) is 2.01. The monoisotopic (exact) mass is 275 g/mol. The van der Waals surface area contributed by atoms with Crippen LogP contribution in [0.3, 0.4) is 0 Å². The highest BCUT2D eigenvalue weighted by atomic mass is 16.5. The summed E-state index contributed by atoms with van der Waals surface area (Å²) in [6.45, 7) is 2.80. The van der Waals surface area contributed by atoms with E-state index < -0.39 is 5.97 Å². The number of ether oxygens (including phenoxy) is 2. The van der Waals surface area contributed by atoms with E-state index >= 15 is 0 Å². The van der Waals surface area contributed by atoms with E-state index in [0.717, 1.165) is 6.42 Å². The standard InChI is InChI=1S/C14H13NO5/c1-8-12(14(16)17)20-13(15-8)9-3-4-10-11(7-9)19-6-2-5-18-10/h3-4,7H,2,5-6H2,1H3,(H,16,17). The van der Waals surface area contributed by atoms with Crippen LogP contribution in [-0.4, -0.2) is 29.3 Å². The van der Waals surface area contributed by atoms with Crippen molar-refractivity contribution < 1.29 is 23.8 Å². The van der Waals surface area contributed by atoms with Gasteiger partial charge < -0.3 is 19.0 Å². The molecule has 0 bridgehead atoms. The Kier molecular flexibility index (Phi) is 3.06. The minimum absolute atomic E-state index is 0.146. The van der Waals surface area contributed by atoms with Crippen LogP contribution in [0.25, 0.3) is 11.5 Å². The predicted octanol–water partition coefficient (Wildman–Crippen LogP) is 2.51. The molecule has 0 amide bonds. The van der Waals surface area contributed by atoms with Gasteiger partial charge in [-0.3, -0.25) is 0 Å². The number of aromatic nitrogens is 1. The van der Waals surface area contributed by atoms with Crippen LogP contribution < -0.4 is 9.47 Å². The van der Waals surface area contributed by atoms with Crippen molar-refractivity contribution in [3.8, 4) is 23.0 Å². The largest absolute Gasteiger partial charge is 0.490 e. The number of carbonyl (C=O) groups is 1. The van der Waals surface area contributed by atoms with Gasteiger partial charge in [-0.25, -0.2) is 9.78 Å². The molecule has 1 N–H and O–H groups in total. The SMILES string of the molecule is Cc1nc(-c2ccc3c(c2)OCCCO3)oc1C(=O)O. The van der Waals surface area contributed by atoms with E-state index in [1.54, 1.807) is 25.1 Å². The van der Waals surface area contributed by atoms with Crippen molar-refractivity contribution in [3.05, 3.63) is 29.7 Å². The van der Waals surface area contributed by atoms with Crippen molar-refractivity contribution in [1.82, 2.24) is 4.98 Å². The summed E-state index contributed by atoms with van der Waals surface area (Å²) in [7, 11) is 0. The first-order valence-corrected chi connectivity index (χ1v) is 6.26. The fraction of sp³-hybridized carbons (Fsp3) is 0.286. The van der Waals surface area contributed by atoms with Gasteiger partial charge in [0.25, 0.3) is 0 Å². The second-order valence-electron chi connectivity index (χ2n) is 4.45. The molecule has 20 heavy (non-hydrogen) atoms. The molecule has 0 saturated carbocycles. The van der Waals surface area contributed by atoms with E-state index in [1.165, 1.54) is 0 Å². The number of benzene rings is 1. The van der Waals surface area contributed by atoms with Gasteiger partial charge in [-0.05, 0) is 25.1 Å². The van der Waals surface area contributed by atoms with Crippen molar-refractivity contribution in [2.45, 2.75) is 13.3 Å². The van der Waals surface area contributed by atoms with Gasteiger partial charge in [0.2, 0.25) is 11.7 Å². The smallest absolute Gasteiger partial charge is 0.373 e. The fourth-order valence-corrected chi connectivity index (χ4v) is 2.01. The molecule has 2 heterocycles. The summed E-state index contributed by atoms with van der Waals surface area (Å²) in [4.78, 5) is 15.1. The molecule has 0 atom stereocenters. The highest BCUT2D eigenvalue weighted by molar-refractivity contribution is 5.86. The Hall–Kier alpha value is -2.50. The Bertz CT molecular complexity index is 662. The van der Waals surface area contributed by atoms with Crippen molar-refractivity contribution in [1.29, 1.82) is 0 Å². The molecule has 2 aromatic rings. The number of fused-ring (bicyclic) bond motifs is 1. The molecule has 0 fully saturated rings. The first-order chi connectivity index (χ1) is 9.65. The van der Waals surface area contributed by atoms with Crippen molar-refractivity contribution in [3.63, 3.8) is 0 Å². The van der Waals surface area contributed by atoms with E-state index in [1.807, 2.05) is 0 Å². The zero-order chi connectivity index (χ0) is 14.1. The van der Waals surface area contributed by atoms with Gasteiger partial charge in [0, 0.05) is 12.0 Å². The van der Waals surface area contributed by atoms with Gasteiger partial charge in [-0.1, -0.05) is 0 Å². The Morgan fingerprint density at radius 1 is 1.25 bits per heavy atom. The van der Waals surface area contributed by atoms with E-state index in [4.69, 9.17) is 19.0 Å². The molecular formula is C14H13NO5. The zero-order valence-electron chi connectivity index (χ0n) is 10.9. The van der Waals surface area contributed by atoms with Gasteiger partial charge in [0.1, 0.15) is 0 Å². The summed E-state index contributed by atoms with van der Waals surface area (Å²) in [6, 6.07) is 5.29. The normalized spacial score (nSPS) is 13.8. The number of hydrogen-bond donors (Lipinski definition) is 1. The number of carboxylic acids is 1. The molecule has 0 unspecified atom stereocenters. The molecule has 104 valence electrons. The minimum atomic E-state index is -1.13. The van der Waals surface area contributed by atoms with Crippen LogP contribution in [0.2, 0.25) is 0 Å². The van der Waals surface area contributed by atoms with E-state index in [2.05, 4.69) is 4.98 Å². The summed E-state index contributed by atoms with van der Waals surface area (Å²) in [6.07, 6.45) is 0.825. The van der Waals surface area contributed by atoms with Gasteiger partial charge in [-0.2, -0.15) is 0 Å². The maximum absolute atomic E-state index is 11.0. The lowest BCUT2D eigenvalue weighted by Gasteiger charge is -2.07. The minimum Gasteiger partial charge on any atom is -0.490 e. The molecule has 1 aliphatic heterocycles. The Morgan fingerprint density at radius 3 is 2.70 bits per heavy atom. The van der Waals surface area contributed by atoms with Crippen LogP contribution in [-0.2, 0) is 0 Å². The van der Waals surface area contributed by atoms with E-state index in [9.17, 15) is 4.79 Å². The number of hydrogen-bond acceptors (Lipinski definition) is 5. The number of oxazole rings is 1. The van der Waals surface area contributed by atoms with Crippen molar-refractivity contribution in [2.24, 2.45) is 0 Å². The van der Waals surface area contributed by atoms with Crippen LogP contribution in [0.15, 0.2) is 22.6 Å². The summed E-state index contributed by atoms with van der Waals surface area (Å²) < 4.78 is 16.4. The number of aryl methyl sites for hydroxylation is 1. The lowest BCUT2D eigenvalue weighted by Crippen LogP contribution is -1.97. The van der Waals surface area contributed by atoms with Gasteiger partial charge in [0.05, 0.1) is 18.9 Å². The van der Waals surface area contributed by atoms with Gasteiger partial charge >= 0.3 is 5.97 Å². The summed E-state index contributed by atoms with van der Waals surface area (Å²) in [5, 5.41) is 8.98. The maximum atomic E-state index is 11.0. The topological polar surface area (TPSA) is 81.8 Å². The second-order valence-corrected chi connectivity index (χ2v) is 4.45. The quantitative estimate of drug-likeness (QED) is 0.906. The molecular weight excluding hydrogens is 262 g/mol. The molecule has 1 aromatic carbocycles. The lowest BCUT2D eigenvalue weighted by molar-refractivity contribution is 0.0662. The Morgan fingerprint density at radius 2 is 2.00 bits per heavy atom. The first kappa shape index (κ1) is 12.5. The summed E-state index contributed by atoms with van der Waals surface area (Å²) >= 11 is 0. The Balaban J connectivity index is 2.00. The molecule has 1 aromatic heterocycles. The lowest BCUT2D eigenvalue weighted by atomic mass is 10.2. The third kappa shape index (κ3) is 2.20. The average Bonchev–Trinajstić information content (AvgIpc) is 2.68. The molecule has 6 heteroatoms. The molecule has 0 aliphatic carbocycles. The Labute approximate surface area is 115 Å². The van der Waals surface area contributed by atoms with Gasteiger partial charge in [0.15, 0.2) is 11.5 Å². The van der Waals surface area contributed by atoms with E-state index in [0.29, 0.717) is 36.0 Å². The summed E-state index contributed by atoms with van der Waals surface area (Å²) in [5.74, 6) is 0.277. The van der Waals surface area contributed by atoms with E-state index in [-0.39, 0.29) is 11.7 Å². The van der Waals surface area contributed by atoms with Crippen LogP contribution >= 0.6 is 0 Å². The molecule has 3 rings (SSSR count). The third-order valence-corrected chi connectivity index (χ3v) is 2.99. The van der Waals surface area contributed by atoms with Crippen molar-refractivity contribution >= 4 is 5.97 Å². The molecule has 1 aliphatic rings. The molecule has 0 spiro atoms. The van der Waals surface area contributed by atoms with Crippen LogP contribution in [0.1, 0.15) is 22.7 Å². The number of nitrogens with zero attached hydrogens (tertiary/aromatic N) is 1. The third-order valence-electron chi connectivity index (χ3n) is 2.99. The highest BCUT2D eigenvalue weighted by Crippen LogP contribution is 2.34. The second kappa shape index (κ2) is 4.88. The van der Waals surface area contributed by atoms with Crippen molar-refractivity contribution in [2.75, 3.05) is 13.2 Å². The van der Waals surface area contributed by atoms with Gasteiger partial charge in [-0.15, -0.1) is 0 Å². The maximum Gasteiger partial charge on any atom is 0.373 e. The van der Waals surface area contributed by atoms with Crippen LogP contribution in [0.5, 0.6) is 11.5 Å². The number of carboxylic acid groups (broad SMARTS) is 1. The van der Waals surface area contributed by atoms with Crippen LogP contribution in [0.4, 0.5) is 0 Å². The highest BCUT2D eigenvalue weighted by Gasteiger charge is 2.19. The zero-order valence-corrected chi connectivity index (χ0v) is 10.9. The molecule has 0 saturated heterocycles. The van der Waals surface area contributed by atoms with Crippen LogP contribution in [0, 0.1) is 6.92 Å². The first-order valence-electron chi connectivity index (χ1n) is 6.26. The summed E-state index contributed by atoms with van der Waals surface area (Å²) in [5.41, 5.74) is 1.00. The number of aromatic carboxylic acids is 1. The predicted molar refractivity (Wildman–Crippen MR) is 69.2 cm³/mol. The molecule has 0 radical (unpaired) electrons.